The van der Waals surface area contributed by atoms with Gasteiger partial charge >= 0.3 is 5.97 Å². The lowest BCUT2D eigenvalue weighted by Crippen LogP contribution is -2.18. The number of carbonyl (C=O) groups is 1. The lowest BCUT2D eigenvalue weighted by atomic mass is 10.1. The van der Waals surface area contributed by atoms with Crippen molar-refractivity contribution < 1.29 is 14.3 Å². The van der Waals surface area contributed by atoms with Crippen LogP contribution >= 0.6 is 22.9 Å². The van der Waals surface area contributed by atoms with E-state index in [1.165, 1.54) is 17.0 Å². The number of halogens is 2. The Morgan fingerprint density at radius 1 is 1.29 bits per heavy atom. The van der Waals surface area contributed by atoms with Crippen molar-refractivity contribution in [2.45, 2.75) is 33.4 Å². The highest BCUT2D eigenvalue weighted by Gasteiger charge is 2.22. The number of aromatic carboxylic acids is 1. The highest BCUT2D eigenvalue weighted by molar-refractivity contribution is 7.09. The zero-order valence-electron chi connectivity index (χ0n) is 15.8. The minimum Gasteiger partial charge on any atom is -0.478 e. The van der Waals surface area contributed by atoms with Gasteiger partial charge in [-0.25, -0.2) is 9.18 Å². The van der Waals surface area contributed by atoms with Gasteiger partial charge in [0.1, 0.15) is 5.82 Å². The Hall–Kier alpha value is -2.15. The van der Waals surface area contributed by atoms with Crippen LogP contribution in [0.5, 0.6) is 0 Å². The van der Waals surface area contributed by atoms with Crippen molar-refractivity contribution in [2.75, 3.05) is 6.54 Å². The summed E-state index contributed by atoms with van der Waals surface area (Å²) in [6.45, 7) is 5.35. The minimum absolute atomic E-state index is 0.319. The summed E-state index contributed by atoms with van der Waals surface area (Å²) in [4.78, 5) is 13.2. The van der Waals surface area contributed by atoms with E-state index >= 15 is 0 Å². The quantitative estimate of drug-likeness (QED) is 0.502. The molecular formula is C21H22ClFN2O2S. The molecule has 3 rings (SSSR count). The second kappa shape index (κ2) is 8.90. The fourth-order valence-corrected chi connectivity index (χ4v) is 4.32. The Kier molecular flexibility index (Phi) is 6.54. The van der Waals surface area contributed by atoms with Crippen LogP contribution in [0.2, 0.25) is 5.02 Å². The number of carboxylic acids is 1. The number of rotatable bonds is 8. The second-order valence-electron chi connectivity index (χ2n) is 6.66. The van der Waals surface area contributed by atoms with Crippen LogP contribution in [0.4, 0.5) is 4.39 Å². The van der Waals surface area contributed by atoms with Crippen molar-refractivity contribution >= 4 is 28.9 Å². The van der Waals surface area contributed by atoms with Crippen molar-refractivity contribution in [2.24, 2.45) is 0 Å². The molecule has 2 heterocycles. The second-order valence-corrected chi connectivity index (χ2v) is 8.10. The molecule has 0 aliphatic rings. The summed E-state index contributed by atoms with van der Waals surface area (Å²) in [6, 6.07) is 8.39. The minimum atomic E-state index is -0.945. The van der Waals surface area contributed by atoms with Crippen LogP contribution in [0.3, 0.4) is 0 Å². The third-order valence-electron chi connectivity index (χ3n) is 4.90. The number of carboxylic acid groups (broad SMARTS) is 1. The van der Waals surface area contributed by atoms with Crippen LogP contribution in [0.1, 0.15) is 37.7 Å². The summed E-state index contributed by atoms with van der Waals surface area (Å²) in [6.07, 6.45) is 0.907. The summed E-state index contributed by atoms with van der Waals surface area (Å²) in [5, 5.41) is 15.5. The van der Waals surface area contributed by atoms with Gasteiger partial charge in [0.05, 0.1) is 5.56 Å². The summed E-state index contributed by atoms with van der Waals surface area (Å²) < 4.78 is 15.2. The molecule has 148 valence electrons. The lowest BCUT2D eigenvalue weighted by molar-refractivity contribution is 0.0694. The van der Waals surface area contributed by atoms with E-state index < -0.39 is 11.8 Å². The van der Waals surface area contributed by atoms with E-state index in [1.54, 1.807) is 24.3 Å². The molecular weight excluding hydrogens is 399 g/mol. The fourth-order valence-electron chi connectivity index (χ4n) is 3.39. The predicted molar refractivity (Wildman–Crippen MR) is 111 cm³/mol. The summed E-state index contributed by atoms with van der Waals surface area (Å²) >= 11 is 7.88. The van der Waals surface area contributed by atoms with Crippen LogP contribution in [-0.4, -0.2) is 22.2 Å². The molecule has 0 atom stereocenters. The first-order chi connectivity index (χ1) is 13.4. The van der Waals surface area contributed by atoms with E-state index in [0.717, 1.165) is 29.8 Å². The number of hydrogen-bond acceptors (Lipinski definition) is 3. The van der Waals surface area contributed by atoms with Gasteiger partial charge in [-0.2, -0.15) is 0 Å². The van der Waals surface area contributed by atoms with E-state index in [1.807, 2.05) is 22.9 Å². The molecule has 0 radical (unpaired) electrons. The third-order valence-corrected chi connectivity index (χ3v) is 6.19. The van der Waals surface area contributed by atoms with Gasteiger partial charge < -0.3 is 15.0 Å². The van der Waals surface area contributed by atoms with Crippen molar-refractivity contribution in [3.05, 3.63) is 79.5 Å². The number of nitrogens with one attached hydrogen (secondary N) is 1. The maximum atomic E-state index is 13.3. The molecule has 0 saturated heterocycles. The van der Waals surface area contributed by atoms with Crippen LogP contribution in [0.25, 0.3) is 0 Å². The van der Waals surface area contributed by atoms with E-state index in [4.69, 9.17) is 11.6 Å². The van der Waals surface area contributed by atoms with Gasteiger partial charge in [-0.3, -0.25) is 0 Å². The van der Waals surface area contributed by atoms with E-state index in [0.29, 0.717) is 29.4 Å². The van der Waals surface area contributed by atoms with Crippen LogP contribution in [0, 0.1) is 19.7 Å². The number of hydrogen-bond donors (Lipinski definition) is 2. The lowest BCUT2D eigenvalue weighted by Gasteiger charge is -2.12. The van der Waals surface area contributed by atoms with Crippen molar-refractivity contribution in [3.63, 3.8) is 0 Å². The Bertz CT molecular complexity index is 983. The average molecular weight is 421 g/mol. The van der Waals surface area contributed by atoms with Gasteiger partial charge in [-0.05, 0) is 49.4 Å². The van der Waals surface area contributed by atoms with Gasteiger partial charge in [-0.1, -0.05) is 23.7 Å². The van der Waals surface area contributed by atoms with Crippen molar-refractivity contribution in [3.8, 4) is 0 Å². The normalized spacial score (nSPS) is 11.1. The maximum Gasteiger partial charge on any atom is 0.337 e. The molecule has 0 spiro atoms. The molecule has 0 fully saturated rings. The smallest absolute Gasteiger partial charge is 0.337 e. The number of nitrogens with zero attached hydrogens (tertiary/aromatic N) is 1. The monoisotopic (exact) mass is 420 g/mol. The van der Waals surface area contributed by atoms with Gasteiger partial charge in [0.2, 0.25) is 0 Å². The maximum absolute atomic E-state index is 13.3. The van der Waals surface area contributed by atoms with Crippen molar-refractivity contribution in [1.29, 1.82) is 0 Å². The van der Waals surface area contributed by atoms with Gasteiger partial charge in [0, 0.05) is 46.5 Å². The molecule has 7 heteroatoms. The standard InChI is InChI=1S/C21H22ClFN2O2S/c1-13-18(11-24-8-7-17-4-3-9-28-17)20(21(26)27)14(2)25(13)12-15-5-6-16(23)10-19(15)22/h3-6,9-10,24H,7-8,11-12H2,1-2H3,(H,26,27). The molecule has 4 nitrogen and oxygen atoms in total. The first-order valence-electron chi connectivity index (χ1n) is 8.97. The van der Waals surface area contributed by atoms with Crippen molar-refractivity contribution in [1.82, 2.24) is 9.88 Å². The SMILES string of the molecule is Cc1c(CNCCc2cccs2)c(C(=O)O)c(C)n1Cc1ccc(F)cc1Cl. The molecule has 1 aromatic carbocycles. The average Bonchev–Trinajstić information content (AvgIpc) is 3.23. The van der Waals surface area contributed by atoms with Gasteiger partial charge in [0.15, 0.2) is 0 Å². The fraction of sp³-hybridized carbons (Fsp3) is 0.286. The first kappa shape index (κ1) is 20.6. The molecule has 0 aliphatic heterocycles. The highest BCUT2D eigenvalue weighted by Crippen LogP contribution is 2.26. The number of thiophene rings is 1. The first-order valence-corrected chi connectivity index (χ1v) is 10.2. The van der Waals surface area contributed by atoms with Crippen LogP contribution in [0.15, 0.2) is 35.7 Å². The Balaban J connectivity index is 1.81. The molecule has 0 saturated carbocycles. The summed E-state index contributed by atoms with van der Waals surface area (Å²) in [7, 11) is 0. The molecule has 0 amide bonds. The number of benzene rings is 1. The Labute approximate surface area is 172 Å². The highest BCUT2D eigenvalue weighted by atomic mass is 35.5. The molecule has 2 N–H and O–H groups in total. The molecule has 3 aromatic rings. The van der Waals surface area contributed by atoms with E-state index in [-0.39, 0.29) is 0 Å². The largest absolute Gasteiger partial charge is 0.478 e. The summed E-state index contributed by atoms with van der Waals surface area (Å²) in [5.41, 5.74) is 3.38. The molecule has 2 aromatic heterocycles. The predicted octanol–water partition coefficient (Wildman–Crippen LogP) is 5.04. The molecule has 0 unspecified atom stereocenters. The third kappa shape index (κ3) is 4.46. The summed E-state index contributed by atoms with van der Waals surface area (Å²) in [5.74, 6) is -1.34. The van der Waals surface area contributed by atoms with Crippen LogP contribution in [-0.2, 0) is 19.5 Å². The molecule has 0 aliphatic carbocycles. The molecule has 28 heavy (non-hydrogen) atoms. The Morgan fingerprint density at radius 2 is 2.07 bits per heavy atom. The van der Waals surface area contributed by atoms with E-state index in [2.05, 4.69) is 11.4 Å². The van der Waals surface area contributed by atoms with Crippen LogP contribution < -0.4 is 5.32 Å². The van der Waals surface area contributed by atoms with Gasteiger partial charge in [0.25, 0.3) is 0 Å². The van der Waals surface area contributed by atoms with E-state index in [9.17, 15) is 14.3 Å². The topological polar surface area (TPSA) is 54.3 Å². The molecule has 0 bridgehead atoms. The Morgan fingerprint density at radius 3 is 2.71 bits per heavy atom. The number of aromatic nitrogens is 1. The zero-order chi connectivity index (χ0) is 20.3. The zero-order valence-corrected chi connectivity index (χ0v) is 17.3. The van der Waals surface area contributed by atoms with Gasteiger partial charge in [-0.15, -0.1) is 11.3 Å².